The van der Waals surface area contributed by atoms with Crippen molar-refractivity contribution in [2.45, 2.75) is 18.6 Å². The van der Waals surface area contributed by atoms with Gasteiger partial charge in [-0.2, -0.15) is 0 Å². The van der Waals surface area contributed by atoms with Crippen LogP contribution in [0.25, 0.3) is 11.1 Å². The Hall–Kier alpha value is -1.88. The van der Waals surface area contributed by atoms with Crippen LogP contribution in [-0.4, -0.2) is 50.5 Å². The summed E-state index contributed by atoms with van der Waals surface area (Å²) in [7, 11) is 1.72. The zero-order valence-electron chi connectivity index (χ0n) is 14.7. The second-order valence-electron chi connectivity index (χ2n) is 6.94. The summed E-state index contributed by atoms with van der Waals surface area (Å²) in [5, 5.41) is 0. The summed E-state index contributed by atoms with van der Waals surface area (Å²) in [5.74, 6) is 0.909. The van der Waals surface area contributed by atoms with Crippen molar-refractivity contribution in [1.29, 1.82) is 0 Å². The zero-order chi connectivity index (χ0) is 17.1. The maximum absolute atomic E-state index is 6.02. The molecule has 0 amide bonds. The molecule has 1 unspecified atom stereocenters. The molecule has 1 atom stereocenters. The molecule has 2 aliphatic heterocycles. The van der Waals surface area contributed by atoms with Crippen molar-refractivity contribution in [3.8, 4) is 16.9 Å². The molecule has 2 aromatic rings. The van der Waals surface area contributed by atoms with E-state index in [-0.39, 0.29) is 5.60 Å². The van der Waals surface area contributed by atoms with Crippen molar-refractivity contribution in [2.24, 2.45) is 0 Å². The second kappa shape index (κ2) is 7.16. The highest BCUT2D eigenvalue weighted by Gasteiger charge is 2.40. The quantitative estimate of drug-likeness (QED) is 0.855. The summed E-state index contributed by atoms with van der Waals surface area (Å²) in [6.07, 6.45) is 1.01. The van der Waals surface area contributed by atoms with E-state index in [0.717, 1.165) is 57.2 Å². The van der Waals surface area contributed by atoms with Gasteiger partial charge < -0.3 is 14.2 Å². The summed E-state index contributed by atoms with van der Waals surface area (Å²) < 4.78 is 17.0. The number of hydrogen-bond acceptors (Lipinski definition) is 4. The lowest BCUT2D eigenvalue weighted by molar-refractivity contribution is -0.111. The lowest BCUT2D eigenvalue weighted by atomic mass is 9.99. The minimum Gasteiger partial charge on any atom is -0.496 e. The van der Waals surface area contributed by atoms with E-state index >= 15 is 0 Å². The van der Waals surface area contributed by atoms with Gasteiger partial charge in [0.25, 0.3) is 0 Å². The van der Waals surface area contributed by atoms with Crippen LogP contribution in [0.4, 0.5) is 0 Å². The lowest BCUT2D eigenvalue weighted by Gasteiger charge is -2.39. The Balaban J connectivity index is 1.45. The van der Waals surface area contributed by atoms with E-state index in [2.05, 4.69) is 35.2 Å². The van der Waals surface area contributed by atoms with Crippen LogP contribution in [0.2, 0.25) is 0 Å². The summed E-state index contributed by atoms with van der Waals surface area (Å²) in [4.78, 5) is 2.48. The van der Waals surface area contributed by atoms with E-state index in [1.54, 1.807) is 7.11 Å². The molecule has 4 heteroatoms. The van der Waals surface area contributed by atoms with Crippen LogP contribution < -0.4 is 4.74 Å². The molecule has 0 N–H and O–H groups in total. The summed E-state index contributed by atoms with van der Waals surface area (Å²) in [5.41, 5.74) is 3.57. The van der Waals surface area contributed by atoms with E-state index in [1.807, 2.05) is 18.2 Å². The first-order valence-corrected chi connectivity index (χ1v) is 8.94. The fourth-order valence-corrected chi connectivity index (χ4v) is 3.82. The van der Waals surface area contributed by atoms with E-state index in [9.17, 15) is 0 Å². The molecular formula is C21H25NO3. The minimum absolute atomic E-state index is 0.0738. The van der Waals surface area contributed by atoms with Crippen molar-refractivity contribution in [3.63, 3.8) is 0 Å². The summed E-state index contributed by atoms with van der Waals surface area (Å²) >= 11 is 0. The van der Waals surface area contributed by atoms with Crippen LogP contribution in [0.15, 0.2) is 48.5 Å². The largest absolute Gasteiger partial charge is 0.496 e. The Kier molecular flexibility index (Phi) is 4.75. The predicted octanol–water partition coefficient (Wildman–Crippen LogP) is 3.35. The molecule has 4 nitrogen and oxygen atoms in total. The van der Waals surface area contributed by atoms with E-state index in [4.69, 9.17) is 14.2 Å². The van der Waals surface area contributed by atoms with Gasteiger partial charge in [-0.1, -0.05) is 42.5 Å². The Morgan fingerprint density at radius 2 is 1.92 bits per heavy atom. The smallest absolute Gasteiger partial charge is 0.126 e. The number of rotatable bonds is 4. The number of hydrogen-bond donors (Lipinski definition) is 0. The molecule has 2 heterocycles. The molecule has 25 heavy (non-hydrogen) atoms. The molecule has 0 aliphatic carbocycles. The van der Waals surface area contributed by atoms with Gasteiger partial charge in [-0.3, -0.25) is 4.90 Å². The molecule has 0 radical (unpaired) electrons. The molecule has 2 saturated heterocycles. The fourth-order valence-electron chi connectivity index (χ4n) is 3.82. The summed E-state index contributed by atoms with van der Waals surface area (Å²) in [6.45, 7) is 5.24. The van der Waals surface area contributed by atoms with Gasteiger partial charge in [0, 0.05) is 38.2 Å². The topological polar surface area (TPSA) is 30.9 Å². The third-order valence-corrected chi connectivity index (χ3v) is 5.17. The van der Waals surface area contributed by atoms with Crippen molar-refractivity contribution >= 4 is 0 Å². The second-order valence-corrected chi connectivity index (χ2v) is 6.94. The average Bonchev–Trinajstić information content (AvgIpc) is 3.10. The first-order chi connectivity index (χ1) is 12.3. The number of methoxy groups -OCH3 is 1. The van der Waals surface area contributed by atoms with Gasteiger partial charge in [-0.25, -0.2) is 0 Å². The van der Waals surface area contributed by atoms with Gasteiger partial charge >= 0.3 is 0 Å². The van der Waals surface area contributed by atoms with E-state index in [0.29, 0.717) is 0 Å². The van der Waals surface area contributed by atoms with Crippen LogP contribution in [0, 0.1) is 0 Å². The molecule has 0 bridgehead atoms. The van der Waals surface area contributed by atoms with Crippen LogP contribution in [0.3, 0.4) is 0 Å². The lowest BCUT2D eigenvalue weighted by Crippen LogP contribution is -2.51. The Morgan fingerprint density at radius 1 is 1.08 bits per heavy atom. The Bertz CT molecular complexity index is 707. The average molecular weight is 339 g/mol. The predicted molar refractivity (Wildman–Crippen MR) is 97.8 cm³/mol. The van der Waals surface area contributed by atoms with E-state index < -0.39 is 0 Å². The molecule has 2 aromatic carbocycles. The summed E-state index contributed by atoms with van der Waals surface area (Å²) in [6, 6.07) is 16.9. The number of para-hydroxylation sites is 1. The van der Waals surface area contributed by atoms with Crippen molar-refractivity contribution in [3.05, 3.63) is 54.1 Å². The molecule has 0 aromatic heterocycles. The number of nitrogens with zero attached hydrogens (tertiary/aromatic N) is 1. The van der Waals surface area contributed by atoms with Crippen molar-refractivity contribution < 1.29 is 14.2 Å². The van der Waals surface area contributed by atoms with Crippen LogP contribution in [0.1, 0.15) is 12.0 Å². The van der Waals surface area contributed by atoms with Crippen LogP contribution >= 0.6 is 0 Å². The van der Waals surface area contributed by atoms with Gasteiger partial charge in [0.2, 0.25) is 0 Å². The maximum Gasteiger partial charge on any atom is 0.126 e. The monoisotopic (exact) mass is 339 g/mol. The molecule has 4 rings (SSSR count). The fraction of sp³-hybridized carbons (Fsp3) is 0.429. The molecule has 1 spiro atoms. The highest BCUT2D eigenvalue weighted by molar-refractivity contribution is 5.70. The van der Waals surface area contributed by atoms with Gasteiger partial charge in [0.05, 0.1) is 20.3 Å². The highest BCUT2D eigenvalue weighted by atomic mass is 16.6. The third kappa shape index (κ3) is 3.56. The number of benzene rings is 2. The maximum atomic E-state index is 6.02. The molecule has 2 fully saturated rings. The number of ether oxygens (including phenoxy) is 3. The molecule has 132 valence electrons. The Morgan fingerprint density at radius 3 is 2.68 bits per heavy atom. The van der Waals surface area contributed by atoms with Gasteiger partial charge in [0.15, 0.2) is 0 Å². The zero-order valence-corrected chi connectivity index (χ0v) is 14.7. The Labute approximate surface area is 149 Å². The molecular weight excluding hydrogens is 314 g/mol. The molecule has 2 aliphatic rings. The first kappa shape index (κ1) is 16.6. The first-order valence-electron chi connectivity index (χ1n) is 8.94. The van der Waals surface area contributed by atoms with Gasteiger partial charge in [-0.05, 0) is 17.2 Å². The SMILES string of the molecule is COc1ccccc1-c1ccc(CN2CCOC3(CCOC3)C2)cc1. The van der Waals surface area contributed by atoms with Crippen LogP contribution in [0.5, 0.6) is 5.75 Å². The molecule has 0 saturated carbocycles. The van der Waals surface area contributed by atoms with Crippen LogP contribution in [-0.2, 0) is 16.0 Å². The minimum atomic E-state index is -0.0738. The van der Waals surface area contributed by atoms with Crippen molar-refractivity contribution in [1.82, 2.24) is 4.90 Å². The van der Waals surface area contributed by atoms with Crippen molar-refractivity contribution in [2.75, 3.05) is 40.0 Å². The van der Waals surface area contributed by atoms with Gasteiger partial charge in [-0.15, -0.1) is 0 Å². The standard InChI is InChI=1S/C21H25NO3/c1-23-20-5-3-2-4-19(20)18-8-6-17(7-9-18)14-22-11-13-25-21(15-22)10-12-24-16-21/h2-9H,10-16H2,1H3. The van der Waals surface area contributed by atoms with E-state index in [1.165, 1.54) is 11.1 Å². The van der Waals surface area contributed by atoms with Gasteiger partial charge in [0.1, 0.15) is 11.4 Å². The highest BCUT2D eigenvalue weighted by Crippen LogP contribution is 2.31. The normalized spacial score (nSPS) is 23.9. The third-order valence-electron chi connectivity index (χ3n) is 5.17. The number of morpholine rings is 1.